The van der Waals surface area contributed by atoms with Crippen molar-refractivity contribution in [3.05, 3.63) is 0 Å². The molecule has 1 heteroatoms. The molecule has 0 saturated heterocycles. The van der Waals surface area contributed by atoms with Gasteiger partial charge in [0.25, 0.3) is 0 Å². The predicted octanol–water partition coefficient (Wildman–Crippen LogP) is 4.20. The lowest BCUT2D eigenvalue weighted by Crippen LogP contribution is -2.19. The zero-order chi connectivity index (χ0) is 9.56. The average molecular weight is 174 g/mol. The molecule has 0 aromatic carbocycles. The third-order valence-electron chi connectivity index (χ3n) is 2.87. The van der Waals surface area contributed by atoms with Crippen molar-refractivity contribution < 1.29 is 4.39 Å². The molecule has 3 unspecified atom stereocenters. The summed E-state index contributed by atoms with van der Waals surface area (Å²) in [7, 11) is 0. The molecular formula is C11H23F. The minimum absolute atomic E-state index is 0.238. The van der Waals surface area contributed by atoms with E-state index in [0.717, 1.165) is 0 Å². The molecule has 74 valence electrons. The van der Waals surface area contributed by atoms with Crippen LogP contribution in [0.25, 0.3) is 0 Å². The van der Waals surface area contributed by atoms with Crippen LogP contribution in [0.3, 0.4) is 0 Å². The van der Waals surface area contributed by atoms with Gasteiger partial charge < -0.3 is 0 Å². The molecule has 0 aromatic heterocycles. The Kier molecular flexibility index (Phi) is 6.41. The Morgan fingerprint density at radius 3 is 2.17 bits per heavy atom. The van der Waals surface area contributed by atoms with Crippen molar-refractivity contribution in [1.82, 2.24) is 0 Å². The summed E-state index contributed by atoms with van der Waals surface area (Å²) in [5.74, 6) is 0.779. The summed E-state index contributed by atoms with van der Waals surface area (Å²) in [4.78, 5) is 0. The molecular weight excluding hydrogens is 151 g/mol. The molecule has 0 radical (unpaired) electrons. The number of hydrogen-bond donors (Lipinski definition) is 0. The van der Waals surface area contributed by atoms with E-state index in [4.69, 9.17) is 0 Å². The van der Waals surface area contributed by atoms with Gasteiger partial charge in [-0.15, -0.1) is 0 Å². The second-order valence-corrected chi connectivity index (χ2v) is 3.90. The van der Waals surface area contributed by atoms with E-state index in [1.807, 2.05) is 13.8 Å². The van der Waals surface area contributed by atoms with Crippen LogP contribution in [0.1, 0.15) is 53.4 Å². The average Bonchev–Trinajstić information content (AvgIpc) is 2.11. The third kappa shape index (κ3) is 4.08. The first kappa shape index (κ1) is 11.9. The Hall–Kier alpha value is -0.0700. The Balaban J connectivity index is 3.67. The zero-order valence-electron chi connectivity index (χ0n) is 8.94. The molecule has 0 aromatic rings. The van der Waals surface area contributed by atoms with Gasteiger partial charge in [0.2, 0.25) is 0 Å². The van der Waals surface area contributed by atoms with E-state index < -0.39 is 6.17 Å². The molecule has 0 aliphatic carbocycles. The number of rotatable bonds is 6. The van der Waals surface area contributed by atoms with Gasteiger partial charge in [0.1, 0.15) is 6.17 Å². The van der Waals surface area contributed by atoms with E-state index in [0.29, 0.717) is 12.3 Å². The maximum Gasteiger partial charge on any atom is 0.103 e. The standard InChI is InChI=1S/C11H23F/c1-5-7-8-9(3)10(4)11(12)6-2/h9-11H,5-8H2,1-4H3. The maximum atomic E-state index is 13.2. The topological polar surface area (TPSA) is 0 Å². The molecule has 0 rings (SSSR count). The Morgan fingerprint density at radius 2 is 1.75 bits per heavy atom. The van der Waals surface area contributed by atoms with Gasteiger partial charge in [-0.1, -0.05) is 47.0 Å². The predicted molar refractivity (Wildman–Crippen MR) is 53.0 cm³/mol. The van der Waals surface area contributed by atoms with Crippen molar-refractivity contribution in [2.24, 2.45) is 11.8 Å². The van der Waals surface area contributed by atoms with Crippen molar-refractivity contribution in [3.8, 4) is 0 Å². The Bertz CT molecular complexity index is 101. The summed E-state index contributed by atoms with van der Waals surface area (Å²) in [6.07, 6.45) is 3.70. The zero-order valence-corrected chi connectivity index (χ0v) is 8.94. The van der Waals surface area contributed by atoms with Gasteiger partial charge in [-0.25, -0.2) is 4.39 Å². The summed E-state index contributed by atoms with van der Waals surface area (Å²) >= 11 is 0. The highest BCUT2D eigenvalue weighted by atomic mass is 19.1. The summed E-state index contributed by atoms with van der Waals surface area (Å²) in [5.41, 5.74) is 0. The van der Waals surface area contributed by atoms with Gasteiger partial charge in [-0.3, -0.25) is 0 Å². The molecule has 0 aliphatic heterocycles. The quantitative estimate of drug-likeness (QED) is 0.566. The summed E-state index contributed by atoms with van der Waals surface area (Å²) in [5, 5.41) is 0. The fourth-order valence-corrected chi connectivity index (χ4v) is 1.52. The number of alkyl halides is 1. The molecule has 0 nitrogen and oxygen atoms in total. The molecule has 0 bridgehead atoms. The van der Waals surface area contributed by atoms with Crippen LogP contribution in [0, 0.1) is 11.8 Å². The second-order valence-electron chi connectivity index (χ2n) is 3.90. The highest BCUT2D eigenvalue weighted by Gasteiger charge is 2.19. The van der Waals surface area contributed by atoms with Crippen LogP contribution < -0.4 is 0 Å². The lowest BCUT2D eigenvalue weighted by atomic mass is 9.87. The van der Waals surface area contributed by atoms with Crippen LogP contribution in [0.4, 0.5) is 4.39 Å². The molecule has 0 N–H and O–H groups in total. The summed E-state index contributed by atoms with van der Waals surface area (Å²) in [6, 6.07) is 0. The maximum absolute atomic E-state index is 13.2. The van der Waals surface area contributed by atoms with Crippen molar-refractivity contribution in [3.63, 3.8) is 0 Å². The molecule has 0 spiro atoms. The van der Waals surface area contributed by atoms with Crippen LogP contribution >= 0.6 is 0 Å². The SMILES string of the molecule is CCCCC(C)C(C)C(F)CC. The fourth-order valence-electron chi connectivity index (χ4n) is 1.52. The van der Waals surface area contributed by atoms with Gasteiger partial charge in [0.15, 0.2) is 0 Å². The summed E-state index contributed by atoms with van der Waals surface area (Å²) in [6.45, 7) is 8.31. The van der Waals surface area contributed by atoms with E-state index in [2.05, 4.69) is 13.8 Å². The van der Waals surface area contributed by atoms with E-state index in [-0.39, 0.29) is 5.92 Å². The van der Waals surface area contributed by atoms with Crippen molar-refractivity contribution in [2.45, 2.75) is 59.5 Å². The number of hydrogen-bond acceptors (Lipinski definition) is 0. The molecule has 0 heterocycles. The molecule has 0 fully saturated rings. The largest absolute Gasteiger partial charge is 0.247 e. The lowest BCUT2D eigenvalue weighted by Gasteiger charge is -2.22. The van der Waals surface area contributed by atoms with Crippen molar-refractivity contribution >= 4 is 0 Å². The minimum Gasteiger partial charge on any atom is -0.247 e. The summed E-state index contributed by atoms with van der Waals surface area (Å²) < 4.78 is 13.2. The van der Waals surface area contributed by atoms with Gasteiger partial charge in [0.05, 0.1) is 0 Å². The fraction of sp³-hybridized carbons (Fsp3) is 1.00. The van der Waals surface area contributed by atoms with Gasteiger partial charge in [-0.2, -0.15) is 0 Å². The number of halogens is 1. The third-order valence-corrected chi connectivity index (χ3v) is 2.87. The van der Waals surface area contributed by atoms with Crippen LogP contribution in [0.2, 0.25) is 0 Å². The van der Waals surface area contributed by atoms with E-state index in [1.54, 1.807) is 0 Å². The van der Waals surface area contributed by atoms with Gasteiger partial charge >= 0.3 is 0 Å². The van der Waals surface area contributed by atoms with Crippen LogP contribution in [0.5, 0.6) is 0 Å². The van der Waals surface area contributed by atoms with E-state index in [9.17, 15) is 4.39 Å². The van der Waals surface area contributed by atoms with Gasteiger partial charge in [0, 0.05) is 0 Å². The van der Waals surface area contributed by atoms with E-state index in [1.165, 1.54) is 19.3 Å². The lowest BCUT2D eigenvalue weighted by molar-refractivity contribution is 0.175. The molecule has 0 aliphatic rings. The minimum atomic E-state index is -0.600. The molecule has 0 amide bonds. The van der Waals surface area contributed by atoms with Crippen LogP contribution in [-0.2, 0) is 0 Å². The number of unbranched alkanes of at least 4 members (excludes halogenated alkanes) is 1. The smallest absolute Gasteiger partial charge is 0.103 e. The normalized spacial score (nSPS) is 18.8. The second kappa shape index (κ2) is 6.45. The first-order chi connectivity index (χ1) is 5.63. The molecule has 3 atom stereocenters. The first-order valence-corrected chi connectivity index (χ1v) is 5.27. The highest BCUT2D eigenvalue weighted by Crippen LogP contribution is 2.24. The Morgan fingerprint density at radius 1 is 1.17 bits per heavy atom. The Labute approximate surface area is 76.6 Å². The molecule has 0 saturated carbocycles. The molecule has 12 heavy (non-hydrogen) atoms. The van der Waals surface area contributed by atoms with Crippen LogP contribution in [0.15, 0.2) is 0 Å². The first-order valence-electron chi connectivity index (χ1n) is 5.27. The van der Waals surface area contributed by atoms with E-state index >= 15 is 0 Å². The highest BCUT2D eigenvalue weighted by molar-refractivity contribution is 4.69. The monoisotopic (exact) mass is 174 g/mol. The van der Waals surface area contributed by atoms with Gasteiger partial charge in [-0.05, 0) is 18.3 Å². The van der Waals surface area contributed by atoms with Crippen LogP contribution in [-0.4, -0.2) is 6.17 Å². The van der Waals surface area contributed by atoms with Crippen molar-refractivity contribution in [1.29, 1.82) is 0 Å². The van der Waals surface area contributed by atoms with Crippen molar-refractivity contribution in [2.75, 3.05) is 0 Å².